The van der Waals surface area contributed by atoms with E-state index in [1.807, 2.05) is 0 Å². The zero-order valence-corrected chi connectivity index (χ0v) is 9.48. The van der Waals surface area contributed by atoms with Crippen LogP contribution in [0.3, 0.4) is 0 Å². The Hall–Kier alpha value is -1.23. The van der Waals surface area contributed by atoms with Crippen LogP contribution < -0.4 is 0 Å². The zero-order valence-electron chi connectivity index (χ0n) is 8.72. The maximum absolute atomic E-state index is 13.4. The third-order valence-electron chi connectivity index (χ3n) is 2.36. The molecule has 0 saturated carbocycles. The fourth-order valence-electron chi connectivity index (χ4n) is 1.50. The van der Waals surface area contributed by atoms with Crippen LogP contribution in [-0.2, 0) is 4.79 Å². The minimum absolute atomic E-state index is 0.0703. The highest BCUT2D eigenvalue weighted by molar-refractivity contribution is 6.17. The molecule has 0 bridgehead atoms. The van der Waals surface area contributed by atoms with Crippen molar-refractivity contribution >= 4 is 17.6 Å². The Morgan fingerprint density at radius 2 is 1.94 bits per heavy atom. The number of aliphatic carboxylic acids is 1. The lowest BCUT2D eigenvalue weighted by Gasteiger charge is -2.13. The Morgan fingerprint density at radius 1 is 1.29 bits per heavy atom. The average molecular weight is 267 g/mol. The standard InChI is InChI=1S/C11H10ClF3O2/c12-5-1-2-7(11(16)17)6-3-4-8(13)10(15)9(6)14/h3-4,7H,1-2,5H2,(H,16,17). The Morgan fingerprint density at radius 3 is 2.47 bits per heavy atom. The van der Waals surface area contributed by atoms with E-state index < -0.39 is 29.3 Å². The maximum atomic E-state index is 13.4. The molecule has 17 heavy (non-hydrogen) atoms. The molecular formula is C11H10ClF3O2. The molecule has 0 aliphatic heterocycles. The van der Waals surface area contributed by atoms with Gasteiger partial charge in [0.05, 0.1) is 5.92 Å². The SMILES string of the molecule is O=C(O)C(CCCCl)c1ccc(F)c(F)c1F. The van der Waals surface area contributed by atoms with Crippen molar-refractivity contribution < 1.29 is 23.1 Å². The number of rotatable bonds is 5. The molecule has 0 heterocycles. The molecule has 0 radical (unpaired) electrons. The van der Waals surface area contributed by atoms with Crippen molar-refractivity contribution in [3.05, 3.63) is 35.1 Å². The molecule has 2 nitrogen and oxygen atoms in total. The van der Waals surface area contributed by atoms with Gasteiger partial charge in [0.25, 0.3) is 0 Å². The Kier molecular flexibility index (Phi) is 4.81. The summed E-state index contributed by atoms with van der Waals surface area (Å²) in [6, 6.07) is 1.66. The molecule has 1 N–H and O–H groups in total. The molecule has 0 aliphatic carbocycles. The summed E-state index contributed by atoms with van der Waals surface area (Å²) in [6.07, 6.45) is 0.414. The highest BCUT2D eigenvalue weighted by Gasteiger charge is 2.25. The van der Waals surface area contributed by atoms with Crippen molar-refractivity contribution in [1.82, 2.24) is 0 Å². The number of carboxylic acid groups (broad SMARTS) is 1. The third-order valence-corrected chi connectivity index (χ3v) is 2.63. The van der Waals surface area contributed by atoms with Gasteiger partial charge in [0.15, 0.2) is 17.5 Å². The Bertz CT molecular complexity index is 423. The van der Waals surface area contributed by atoms with Crippen molar-refractivity contribution in [2.75, 3.05) is 5.88 Å². The predicted octanol–water partition coefficient (Wildman–Crippen LogP) is 3.29. The summed E-state index contributed by atoms with van der Waals surface area (Å²) in [4.78, 5) is 10.9. The smallest absolute Gasteiger partial charge is 0.311 e. The molecule has 1 aromatic rings. The molecule has 0 fully saturated rings. The lowest BCUT2D eigenvalue weighted by molar-refractivity contribution is -0.139. The summed E-state index contributed by atoms with van der Waals surface area (Å²) in [7, 11) is 0. The van der Waals surface area contributed by atoms with E-state index in [4.69, 9.17) is 16.7 Å². The van der Waals surface area contributed by atoms with Crippen LogP contribution in [0, 0.1) is 17.5 Å². The van der Waals surface area contributed by atoms with Crippen molar-refractivity contribution in [3.8, 4) is 0 Å². The van der Waals surface area contributed by atoms with E-state index in [9.17, 15) is 18.0 Å². The van der Waals surface area contributed by atoms with Crippen molar-refractivity contribution in [1.29, 1.82) is 0 Å². The van der Waals surface area contributed by atoms with Crippen LogP contribution in [0.4, 0.5) is 13.2 Å². The van der Waals surface area contributed by atoms with Crippen molar-refractivity contribution in [3.63, 3.8) is 0 Å². The van der Waals surface area contributed by atoms with Gasteiger partial charge in [0, 0.05) is 11.4 Å². The van der Waals surface area contributed by atoms with Gasteiger partial charge in [0.1, 0.15) is 0 Å². The van der Waals surface area contributed by atoms with Crippen molar-refractivity contribution in [2.45, 2.75) is 18.8 Å². The first-order valence-electron chi connectivity index (χ1n) is 4.91. The van der Waals surface area contributed by atoms with Gasteiger partial charge in [0.2, 0.25) is 0 Å². The number of halogens is 4. The molecular weight excluding hydrogens is 257 g/mol. The first-order chi connectivity index (χ1) is 7.99. The van der Waals surface area contributed by atoms with E-state index in [0.29, 0.717) is 12.5 Å². The normalized spacial score (nSPS) is 12.5. The van der Waals surface area contributed by atoms with E-state index in [2.05, 4.69) is 0 Å². The Balaban J connectivity index is 3.10. The van der Waals surface area contributed by atoms with Crippen LogP contribution in [0.5, 0.6) is 0 Å². The van der Waals surface area contributed by atoms with E-state index in [1.54, 1.807) is 0 Å². The summed E-state index contributed by atoms with van der Waals surface area (Å²) in [5.74, 6) is -6.74. The molecule has 0 aliphatic rings. The Labute approximate surface area is 101 Å². The molecule has 94 valence electrons. The largest absolute Gasteiger partial charge is 0.481 e. The van der Waals surface area contributed by atoms with Crippen molar-refractivity contribution in [2.24, 2.45) is 0 Å². The van der Waals surface area contributed by atoms with Crippen LogP contribution in [0.2, 0.25) is 0 Å². The van der Waals surface area contributed by atoms with E-state index in [0.717, 1.165) is 6.07 Å². The van der Waals surface area contributed by atoms with Crippen LogP contribution in [0.25, 0.3) is 0 Å². The molecule has 0 saturated heterocycles. The van der Waals surface area contributed by atoms with Crippen LogP contribution in [0.15, 0.2) is 12.1 Å². The van der Waals surface area contributed by atoms with Crippen LogP contribution in [-0.4, -0.2) is 17.0 Å². The lowest BCUT2D eigenvalue weighted by atomic mass is 9.94. The quantitative estimate of drug-likeness (QED) is 0.656. The first-order valence-corrected chi connectivity index (χ1v) is 5.44. The summed E-state index contributed by atoms with van der Waals surface area (Å²) in [5, 5.41) is 8.91. The summed E-state index contributed by atoms with van der Waals surface area (Å²) in [6.45, 7) is 0. The second kappa shape index (κ2) is 5.91. The molecule has 1 atom stereocenters. The topological polar surface area (TPSA) is 37.3 Å². The average Bonchev–Trinajstić information content (AvgIpc) is 2.28. The molecule has 0 aromatic heterocycles. The van der Waals surface area contributed by atoms with E-state index in [-0.39, 0.29) is 17.9 Å². The maximum Gasteiger partial charge on any atom is 0.311 e. The van der Waals surface area contributed by atoms with Crippen LogP contribution in [0.1, 0.15) is 24.3 Å². The summed E-state index contributed by atoms with van der Waals surface area (Å²) < 4.78 is 39.0. The number of hydrogen-bond donors (Lipinski definition) is 1. The second-order valence-corrected chi connectivity index (χ2v) is 3.86. The van der Waals surface area contributed by atoms with Gasteiger partial charge >= 0.3 is 5.97 Å². The summed E-state index contributed by atoms with van der Waals surface area (Å²) >= 11 is 5.41. The number of benzene rings is 1. The highest BCUT2D eigenvalue weighted by Crippen LogP contribution is 2.27. The van der Waals surface area contributed by atoms with Gasteiger partial charge in [-0.3, -0.25) is 4.79 Å². The van der Waals surface area contributed by atoms with Gasteiger partial charge in [-0.15, -0.1) is 11.6 Å². The monoisotopic (exact) mass is 266 g/mol. The first kappa shape index (κ1) is 13.8. The van der Waals surface area contributed by atoms with Crippen LogP contribution >= 0.6 is 11.6 Å². The summed E-state index contributed by atoms with van der Waals surface area (Å²) in [5.41, 5.74) is -0.360. The molecule has 6 heteroatoms. The van der Waals surface area contributed by atoms with E-state index >= 15 is 0 Å². The fourth-order valence-corrected chi connectivity index (χ4v) is 1.66. The van der Waals surface area contributed by atoms with Gasteiger partial charge in [-0.1, -0.05) is 6.07 Å². The molecule has 1 unspecified atom stereocenters. The molecule has 0 amide bonds. The highest BCUT2D eigenvalue weighted by atomic mass is 35.5. The second-order valence-electron chi connectivity index (χ2n) is 3.49. The number of carbonyl (C=O) groups is 1. The van der Waals surface area contributed by atoms with E-state index in [1.165, 1.54) is 0 Å². The number of carboxylic acids is 1. The minimum Gasteiger partial charge on any atom is -0.481 e. The predicted molar refractivity (Wildman–Crippen MR) is 56.6 cm³/mol. The molecule has 1 aromatic carbocycles. The fraction of sp³-hybridized carbons (Fsp3) is 0.364. The zero-order chi connectivity index (χ0) is 13.0. The lowest BCUT2D eigenvalue weighted by Crippen LogP contribution is -2.14. The van der Waals surface area contributed by atoms with Gasteiger partial charge in [-0.25, -0.2) is 13.2 Å². The molecule has 1 rings (SSSR count). The number of hydrogen-bond acceptors (Lipinski definition) is 1. The molecule has 0 spiro atoms. The third kappa shape index (κ3) is 3.12. The number of alkyl halides is 1. The van der Waals surface area contributed by atoms with Gasteiger partial charge in [-0.05, 0) is 18.9 Å². The van der Waals surface area contributed by atoms with Gasteiger partial charge in [-0.2, -0.15) is 0 Å². The minimum atomic E-state index is -1.65. The van der Waals surface area contributed by atoms with Gasteiger partial charge < -0.3 is 5.11 Å².